The summed E-state index contributed by atoms with van der Waals surface area (Å²) in [5.74, 6) is 0.0635. The van der Waals surface area contributed by atoms with Crippen LogP contribution in [0.5, 0.6) is 11.5 Å². The van der Waals surface area contributed by atoms with E-state index in [0.717, 1.165) is 16.3 Å². The molecular formula is C27H22N2O4. The number of carbonyl (C=O) groups excluding carboxylic acids is 2. The minimum Gasteiger partial charge on any atom is -0.497 e. The van der Waals surface area contributed by atoms with Crippen molar-refractivity contribution in [3.05, 3.63) is 107 Å². The van der Waals surface area contributed by atoms with Crippen LogP contribution in [0.25, 0.3) is 10.8 Å². The molecule has 6 nitrogen and oxygen atoms in total. The molecule has 4 aromatic rings. The Hall–Kier alpha value is -4.45. The average molecular weight is 438 g/mol. The fraction of sp³-hybridized carbons (Fsp3) is 0.0741. The third kappa shape index (κ3) is 5.07. The van der Waals surface area contributed by atoms with Crippen molar-refractivity contribution in [1.29, 1.82) is 0 Å². The third-order valence-corrected chi connectivity index (χ3v) is 5.11. The fourth-order valence-electron chi connectivity index (χ4n) is 3.33. The number of ether oxygens (including phenoxy) is 2. The number of hydrogen-bond donors (Lipinski definition) is 1. The Balaban J connectivity index is 1.61. The van der Waals surface area contributed by atoms with Crippen molar-refractivity contribution in [1.82, 2.24) is 5.43 Å². The Bertz CT molecular complexity index is 1340. The first kappa shape index (κ1) is 21.8. The average Bonchev–Trinajstić information content (AvgIpc) is 2.85. The van der Waals surface area contributed by atoms with Crippen LogP contribution in [-0.2, 0) is 0 Å². The van der Waals surface area contributed by atoms with Gasteiger partial charge in [0.05, 0.1) is 18.9 Å². The number of hydrogen-bond acceptors (Lipinski definition) is 5. The summed E-state index contributed by atoms with van der Waals surface area (Å²) in [5, 5.41) is 5.91. The molecule has 0 bridgehead atoms. The molecule has 1 amide bonds. The van der Waals surface area contributed by atoms with E-state index in [1.54, 1.807) is 42.5 Å². The number of hydrazone groups is 1. The molecule has 4 aromatic carbocycles. The summed E-state index contributed by atoms with van der Waals surface area (Å²) in [6.07, 6.45) is 1.48. The molecule has 0 spiro atoms. The van der Waals surface area contributed by atoms with E-state index in [-0.39, 0.29) is 5.91 Å². The van der Waals surface area contributed by atoms with Gasteiger partial charge in [0.2, 0.25) is 0 Å². The van der Waals surface area contributed by atoms with Crippen LogP contribution in [0.4, 0.5) is 0 Å². The van der Waals surface area contributed by atoms with Crippen LogP contribution in [0.3, 0.4) is 0 Å². The quantitative estimate of drug-likeness (QED) is 0.196. The van der Waals surface area contributed by atoms with Crippen molar-refractivity contribution in [2.24, 2.45) is 5.10 Å². The number of benzene rings is 4. The zero-order chi connectivity index (χ0) is 23.2. The highest BCUT2D eigenvalue weighted by atomic mass is 16.5. The van der Waals surface area contributed by atoms with E-state index in [2.05, 4.69) is 10.5 Å². The zero-order valence-electron chi connectivity index (χ0n) is 18.2. The monoisotopic (exact) mass is 438 g/mol. The lowest BCUT2D eigenvalue weighted by Crippen LogP contribution is -2.17. The van der Waals surface area contributed by atoms with E-state index in [0.29, 0.717) is 28.2 Å². The summed E-state index contributed by atoms with van der Waals surface area (Å²) in [7, 11) is 1.54. The van der Waals surface area contributed by atoms with Crippen molar-refractivity contribution in [3.63, 3.8) is 0 Å². The highest BCUT2D eigenvalue weighted by Crippen LogP contribution is 2.27. The number of nitrogens with zero attached hydrogens (tertiary/aromatic N) is 1. The van der Waals surface area contributed by atoms with Gasteiger partial charge < -0.3 is 9.47 Å². The van der Waals surface area contributed by atoms with E-state index < -0.39 is 5.97 Å². The second-order valence-corrected chi connectivity index (χ2v) is 7.39. The number of carbonyl (C=O) groups is 2. The molecule has 6 heteroatoms. The molecule has 0 radical (unpaired) electrons. The molecule has 0 heterocycles. The maximum atomic E-state index is 12.7. The first-order valence-corrected chi connectivity index (χ1v) is 10.3. The Kier molecular flexibility index (Phi) is 6.45. The minimum absolute atomic E-state index is 0.346. The molecule has 0 saturated carbocycles. The molecule has 0 unspecified atom stereocenters. The van der Waals surface area contributed by atoms with E-state index in [9.17, 15) is 9.59 Å². The van der Waals surface area contributed by atoms with Crippen molar-refractivity contribution in [2.45, 2.75) is 6.92 Å². The third-order valence-electron chi connectivity index (χ3n) is 5.11. The van der Waals surface area contributed by atoms with Gasteiger partial charge in [-0.05, 0) is 54.1 Å². The number of amides is 1. The van der Waals surface area contributed by atoms with Gasteiger partial charge in [0, 0.05) is 11.1 Å². The maximum absolute atomic E-state index is 12.7. The van der Waals surface area contributed by atoms with Crippen molar-refractivity contribution >= 4 is 28.9 Å². The number of rotatable bonds is 6. The Labute approximate surface area is 191 Å². The molecule has 4 rings (SSSR count). The lowest BCUT2D eigenvalue weighted by atomic mass is 10.0. The highest BCUT2D eigenvalue weighted by Gasteiger charge is 2.14. The second kappa shape index (κ2) is 9.78. The molecule has 1 N–H and O–H groups in total. The summed E-state index contributed by atoms with van der Waals surface area (Å²) < 4.78 is 10.8. The van der Waals surface area contributed by atoms with Gasteiger partial charge in [-0.15, -0.1) is 0 Å². The van der Waals surface area contributed by atoms with Crippen LogP contribution in [0.15, 0.2) is 90.0 Å². The van der Waals surface area contributed by atoms with Gasteiger partial charge >= 0.3 is 5.97 Å². The second-order valence-electron chi connectivity index (χ2n) is 7.39. The van der Waals surface area contributed by atoms with Crippen molar-refractivity contribution in [3.8, 4) is 11.5 Å². The smallest absolute Gasteiger partial charge is 0.343 e. The van der Waals surface area contributed by atoms with Crippen molar-refractivity contribution in [2.75, 3.05) is 7.11 Å². The van der Waals surface area contributed by atoms with Crippen LogP contribution in [0, 0.1) is 6.92 Å². The molecule has 33 heavy (non-hydrogen) atoms. The first-order chi connectivity index (χ1) is 16.0. The lowest BCUT2D eigenvalue weighted by Gasteiger charge is -2.11. The Morgan fingerprint density at radius 3 is 2.45 bits per heavy atom. The number of aryl methyl sites for hydroxylation is 1. The van der Waals surface area contributed by atoms with Crippen LogP contribution in [0.2, 0.25) is 0 Å². The number of esters is 1. The summed E-state index contributed by atoms with van der Waals surface area (Å²) in [4.78, 5) is 25.2. The summed E-state index contributed by atoms with van der Waals surface area (Å²) in [6.45, 7) is 1.95. The molecule has 0 saturated heterocycles. The predicted octanol–water partition coefficient (Wildman–Crippen LogP) is 5.14. The molecule has 0 aliphatic rings. The SMILES string of the molecule is COc1cccc(C(=O)NN=Cc2c(OC(=O)c3ccc(C)cc3)ccc3ccccc23)c1. The largest absolute Gasteiger partial charge is 0.497 e. The highest BCUT2D eigenvalue weighted by molar-refractivity contribution is 6.04. The fourth-order valence-corrected chi connectivity index (χ4v) is 3.33. The topological polar surface area (TPSA) is 77.0 Å². The summed E-state index contributed by atoms with van der Waals surface area (Å²) in [5.41, 5.74) is 5.01. The molecule has 0 aromatic heterocycles. The number of methoxy groups -OCH3 is 1. The maximum Gasteiger partial charge on any atom is 0.343 e. The molecule has 0 aliphatic carbocycles. The normalized spacial score (nSPS) is 10.8. The van der Waals surface area contributed by atoms with Crippen LogP contribution in [-0.4, -0.2) is 25.2 Å². The van der Waals surface area contributed by atoms with Gasteiger partial charge in [0.1, 0.15) is 11.5 Å². The van der Waals surface area contributed by atoms with E-state index in [1.165, 1.54) is 13.3 Å². The van der Waals surface area contributed by atoms with Crippen molar-refractivity contribution < 1.29 is 19.1 Å². The zero-order valence-corrected chi connectivity index (χ0v) is 18.2. The number of nitrogens with one attached hydrogen (secondary N) is 1. The lowest BCUT2D eigenvalue weighted by molar-refractivity contribution is 0.0734. The minimum atomic E-state index is -0.472. The number of fused-ring (bicyclic) bond motifs is 1. The van der Waals surface area contributed by atoms with E-state index >= 15 is 0 Å². The Morgan fingerprint density at radius 1 is 0.879 bits per heavy atom. The summed E-state index contributed by atoms with van der Waals surface area (Å²) in [6, 6.07) is 25.2. The standard InChI is InChI=1S/C27H22N2O4/c1-18-10-12-20(13-11-18)27(31)33-25-15-14-19-6-3-4-9-23(19)24(25)17-28-29-26(30)21-7-5-8-22(16-21)32-2/h3-17H,1-2H3,(H,29,30). The van der Waals surface area contributed by atoms with Gasteiger partial charge in [-0.1, -0.05) is 54.1 Å². The van der Waals surface area contributed by atoms with E-state index in [1.807, 2.05) is 49.4 Å². The summed E-state index contributed by atoms with van der Waals surface area (Å²) >= 11 is 0. The molecule has 0 atom stereocenters. The predicted molar refractivity (Wildman–Crippen MR) is 128 cm³/mol. The molecule has 164 valence electrons. The van der Waals surface area contributed by atoms with Crippen LogP contribution >= 0.6 is 0 Å². The first-order valence-electron chi connectivity index (χ1n) is 10.3. The van der Waals surface area contributed by atoms with Gasteiger partial charge in [0.25, 0.3) is 5.91 Å². The van der Waals surface area contributed by atoms with E-state index in [4.69, 9.17) is 9.47 Å². The van der Waals surface area contributed by atoms with Crippen LogP contribution in [0.1, 0.15) is 31.8 Å². The van der Waals surface area contributed by atoms with Crippen LogP contribution < -0.4 is 14.9 Å². The van der Waals surface area contributed by atoms with Gasteiger partial charge in [0.15, 0.2) is 0 Å². The van der Waals surface area contributed by atoms with Gasteiger partial charge in [-0.3, -0.25) is 4.79 Å². The molecule has 0 fully saturated rings. The molecular weight excluding hydrogens is 416 g/mol. The molecule has 0 aliphatic heterocycles. The van der Waals surface area contributed by atoms with Gasteiger partial charge in [-0.25, -0.2) is 10.2 Å². The Morgan fingerprint density at radius 2 is 1.67 bits per heavy atom. The van der Waals surface area contributed by atoms with Gasteiger partial charge in [-0.2, -0.15) is 5.10 Å².